The molecule has 3 heterocycles. The molecule has 0 radical (unpaired) electrons. The maximum Gasteiger partial charge on any atom is 0.317 e. The fourth-order valence-electron chi connectivity index (χ4n) is 4.08. The molecule has 150 valence electrons. The first-order valence-corrected chi connectivity index (χ1v) is 10.0. The number of ether oxygens (including phenoxy) is 1. The Kier molecular flexibility index (Phi) is 5.52. The van der Waals surface area contributed by atoms with Crippen molar-refractivity contribution in [1.29, 1.82) is 0 Å². The molecule has 0 spiro atoms. The van der Waals surface area contributed by atoms with Crippen LogP contribution in [0.2, 0.25) is 0 Å². The predicted molar refractivity (Wildman–Crippen MR) is 106 cm³/mol. The number of piperidine rings is 1. The highest BCUT2D eigenvalue weighted by molar-refractivity contribution is 5.75. The first kappa shape index (κ1) is 18.8. The second kappa shape index (κ2) is 8.22. The van der Waals surface area contributed by atoms with Crippen LogP contribution in [0.4, 0.5) is 4.79 Å². The Morgan fingerprint density at radius 3 is 2.96 bits per heavy atom. The lowest BCUT2D eigenvalue weighted by Crippen LogP contribution is -2.64. The van der Waals surface area contributed by atoms with E-state index in [1.165, 1.54) is 19.3 Å². The van der Waals surface area contributed by atoms with Crippen molar-refractivity contribution < 1.29 is 14.1 Å². The highest BCUT2D eigenvalue weighted by Gasteiger charge is 2.37. The number of hydrogen-bond donors (Lipinski definition) is 1. The van der Waals surface area contributed by atoms with Gasteiger partial charge in [-0.2, -0.15) is 0 Å². The van der Waals surface area contributed by atoms with Crippen LogP contribution in [0.5, 0.6) is 5.75 Å². The second-order valence-electron chi connectivity index (χ2n) is 7.71. The molecule has 1 aromatic heterocycles. The molecule has 28 heavy (non-hydrogen) atoms. The fourth-order valence-corrected chi connectivity index (χ4v) is 4.08. The number of carbonyl (C=O) groups is 1. The average Bonchev–Trinajstić information content (AvgIpc) is 3.16. The molecular weight excluding hydrogens is 356 g/mol. The molecule has 2 aliphatic heterocycles. The minimum absolute atomic E-state index is 0.0414. The number of likely N-dealkylation sites (tertiary alicyclic amines) is 2. The van der Waals surface area contributed by atoms with Crippen molar-refractivity contribution in [3.8, 4) is 17.0 Å². The number of nitrogens with zero attached hydrogens (tertiary/aromatic N) is 3. The topological polar surface area (TPSA) is 70.8 Å². The lowest BCUT2D eigenvalue weighted by atomic mass is 9.98. The third kappa shape index (κ3) is 3.99. The molecule has 2 aliphatic rings. The smallest absolute Gasteiger partial charge is 0.317 e. The molecule has 0 bridgehead atoms. The summed E-state index contributed by atoms with van der Waals surface area (Å²) in [5.41, 5.74) is 1.65. The molecule has 0 saturated carbocycles. The maximum atomic E-state index is 12.4. The molecule has 1 aromatic carbocycles. The minimum Gasteiger partial charge on any atom is -0.497 e. The van der Waals surface area contributed by atoms with Crippen LogP contribution in [0.1, 0.15) is 31.9 Å². The molecule has 1 atom stereocenters. The van der Waals surface area contributed by atoms with E-state index >= 15 is 0 Å². The van der Waals surface area contributed by atoms with Crippen LogP contribution in [-0.4, -0.2) is 59.8 Å². The second-order valence-corrected chi connectivity index (χ2v) is 7.71. The summed E-state index contributed by atoms with van der Waals surface area (Å²) in [7, 11) is 1.63. The Morgan fingerprint density at radius 2 is 2.18 bits per heavy atom. The third-order valence-electron chi connectivity index (χ3n) is 5.81. The summed E-state index contributed by atoms with van der Waals surface area (Å²) in [6.07, 6.45) is 3.86. The van der Waals surface area contributed by atoms with Crippen LogP contribution in [-0.2, 0) is 6.54 Å². The van der Waals surface area contributed by atoms with Crippen molar-refractivity contribution >= 4 is 6.03 Å². The van der Waals surface area contributed by atoms with Gasteiger partial charge in [-0.25, -0.2) is 4.79 Å². The first-order chi connectivity index (χ1) is 13.6. The number of aromatic nitrogens is 1. The molecule has 4 rings (SSSR count). The lowest BCUT2D eigenvalue weighted by molar-refractivity contribution is 0.0168. The molecule has 2 fully saturated rings. The van der Waals surface area contributed by atoms with Crippen LogP contribution in [0.25, 0.3) is 11.3 Å². The van der Waals surface area contributed by atoms with Crippen LogP contribution in [0, 0.1) is 0 Å². The van der Waals surface area contributed by atoms with Gasteiger partial charge in [-0.05, 0) is 38.4 Å². The molecule has 1 unspecified atom stereocenters. The Balaban J connectivity index is 1.26. The molecule has 7 heteroatoms. The van der Waals surface area contributed by atoms with E-state index < -0.39 is 0 Å². The zero-order chi connectivity index (χ0) is 19.5. The maximum absolute atomic E-state index is 12.4. The summed E-state index contributed by atoms with van der Waals surface area (Å²) in [5.74, 6) is 1.40. The largest absolute Gasteiger partial charge is 0.497 e. The summed E-state index contributed by atoms with van der Waals surface area (Å²) in [5, 5.41) is 7.03. The number of carbonyl (C=O) groups excluding carboxylic acids is 1. The van der Waals surface area contributed by atoms with Crippen molar-refractivity contribution in [3.05, 3.63) is 36.1 Å². The van der Waals surface area contributed by atoms with Crippen molar-refractivity contribution in [2.75, 3.05) is 26.7 Å². The lowest BCUT2D eigenvalue weighted by Gasteiger charge is -2.49. The van der Waals surface area contributed by atoms with Gasteiger partial charge in [0, 0.05) is 36.8 Å². The fraction of sp³-hybridized carbons (Fsp3) is 0.524. The summed E-state index contributed by atoms with van der Waals surface area (Å²) in [6, 6.07) is 10.6. The molecule has 2 amide bonds. The molecule has 2 aromatic rings. The van der Waals surface area contributed by atoms with Gasteiger partial charge in [-0.3, -0.25) is 4.90 Å². The quantitative estimate of drug-likeness (QED) is 0.858. The molecule has 7 nitrogen and oxygen atoms in total. The number of urea groups is 1. The Bertz CT molecular complexity index is 815. The summed E-state index contributed by atoms with van der Waals surface area (Å²) in [6.45, 7) is 5.40. The Labute approximate surface area is 165 Å². The highest BCUT2D eigenvalue weighted by atomic mass is 16.5. The van der Waals surface area contributed by atoms with Gasteiger partial charge < -0.3 is 19.5 Å². The standard InChI is InChI=1S/C21H28N4O3/c1-15-6-3-4-9-25(15)17-13-24(14-17)21(26)22-12-19-11-20(23-28-19)16-7-5-8-18(10-16)27-2/h5,7-8,10-11,15,17H,3-4,6,9,12-14H2,1-2H3,(H,22,26). The number of benzene rings is 1. The van der Waals surface area contributed by atoms with Crippen LogP contribution < -0.4 is 10.1 Å². The van der Waals surface area contributed by atoms with Gasteiger partial charge in [0.25, 0.3) is 0 Å². The van der Waals surface area contributed by atoms with E-state index in [0.717, 1.165) is 36.6 Å². The van der Waals surface area contributed by atoms with Crippen molar-refractivity contribution in [2.24, 2.45) is 0 Å². The average molecular weight is 384 g/mol. The van der Waals surface area contributed by atoms with Gasteiger partial charge in [0.15, 0.2) is 5.76 Å². The summed E-state index contributed by atoms with van der Waals surface area (Å²) in [4.78, 5) is 16.8. The van der Waals surface area contributed by atoms with Crippen molar-refractivity contribution in [1.82, 2.24) is 20.3 Å². The van der Waals surface area contributed by atoms with E-state index in [-0.39, 0.29) is 6.03 Å². The number of hydrogen-bond acceptors (Lipinski definition) is 5. The van der Waals surface area contributed by atoms with Crippen molar-refractivity contribution in [2.45, 2.75) is 44.8 Å². The minimum atomic E-state index is -0.0414. The highest BCUT2D eigenvalue weighted by Crippen LogP contribution is 2.25. The SMILES string of the molecule is COc1cccc(-c2cc(CNC(=O)N3CC(N4CCCCC4C)C3)on2)c1. The number of methoxy groups -OCH3 is 1. The normalized spacial score (nSPS) is 20.6. The number of rotatable bonds is 5. The van der Waals surface area contributed by atoms with Gasteiger partial charge in [0.2, 0.25) is 0 Å². The van der Waals surface area contributed by atoms with E-state index in [4.69, 9.17) is 9.26 Å². The van der Waals surface area contributed by atoms with Crippen LogP contribution >= 0.6 is 0 Å². The monoisotopic (exact) mass is 384 g/mol. The zero-order valence-corrected chi connectivity index (χ0v) is 16.6. The van der Waals surface area contributed by atoms with Crippen molar-refractivity contribution in [3.63, 3.8) is 0 Å². The molecular formula is C21H28N4O3. The predicted octanol–water partition coefficient (Wildman–Crippen LogP) is 3.12. The van der Waals surface area contributed by atoms with Crippen LogP contribution in [0.3, 0.4) is 0 Å². The van der Waals surface area contributed by atoms with E-state index in [1.54, 1.807) is 7.11 Å². The molecule has 0 aliphatic carbocycles. The number of amides is 2. The molecule has 1 N–H and O–H groups in total. The summed E-state index contributed by atoms with van der Waals surface area (Å²) >= 11 is 0. The van der Waals surface area contributed by atoms with Gasteiger partial charge >= 0.3 is 6.03 Å². The van der Waals surface area contributed by atoms with E-state index in [9.17, 15) is 4.79 Å². The van der Waals surface area contributed by atoms with E-state index in [1.807, 2.05) is 35.2 Å². The van der Waals surface area contributed by atoms with Crippen LogP contribution in [0.15, 0.2) is 34.9 Å². The summed E-state index contributed by atoms with van der Waals surface area (Å²) < 4.78 is 10.6. The van der Waals surface area contributed by atoms with Gasteiger partial charge in [-0.15, -0.1) is 0 Å². The Hall–Kier alpha value is -2.54. The number of nitrogens with one attached hydrogen (secondary N) is 1. The molecule has 2 saturated heterocycles. The van der Waals surface area contributed by atoms with Gasteiger partial charge in [0.05, 0.1) is 13.7 Å². The third-order valence-corrected chi connectivity index (χ3v) is 5.81. The van der Waals surface area contributed by atoms with E-state index in [0.29, 0.717) is 24.4 Å². The van der Waals surface area contributed by atoms with E-state index in [2.05, 4.69) is 22.3 Å². The zero-order valence-electron chi connectivity index (χ0n) is 16.6. The first-order valence-electron chi connectivity index (χ1n) is 10.0. The van der Waals surface area contributed by atoms with Gasteiger partial charge in [-0.1, -0.05) is 23.7 Å². The Morgan fingerprint density at radius 1 is 1.32 bits per heavy atom. The van der Waals surface area contributed by atoms with Gasteiger partial charge in [0.1, 0.15) is 11.4 Å².